The van der Waals surface area contributed by atoms with E-state index in [4.69, 9.17) is 9.97 Å². The highest BCUT2D eigenvalue weighted by Crippen LogP contribution is 2.49. The minimum absolute atomic E-state index is 0.167. The number of alkyl halides is 1. The van der Waals surface area contributed by atoms with Crippen LogP contribution in [0.4, 0.5) is 8.78 Å². The lowest BCUT2D eigenvalue weighted by Crippen LogP contribution is -2.21. The maximum atomic E-state index is 16.3. The predicted molar refractivity (Wildman–Crippen MR) is 172 cm³/mol. The fourth-order valence-electron chi connectivity index (χ4n) is 6.52. The number of carbonyl (C=O) groups is 1. The maximum Gasteiger partial charge on any atom is 0.253 e. The van der Waals surface area contributed by atoms with E-state index in [0.717, 1.165) is 69.9 Å². The highest BCUT2D eigenvalue weighted by molar-refractivity contribution is 5.95. The van der Waals surface area contributed by atoms with Crippen LogP contribution in [0.15, 0.2) is 54.7 Å². The Morgan fingerprint density at radius 1 is 0.978 bits per heavy atom. The van der Waals surface area contributed by atoms with E-state index < -0.39 is 12.1 Å². The Balaban J connectivity index is 1.19. The standard InChI is InChI=1S/C35H34F2N8O/c1-42(2)35(46)22-14-8-19(9-15-22)26(36)18-45-32(37)28-24(6-5-7-27(28)40-45)30-31(21-12-13-21)44(4)34(39-30)25-16-23-17-43(3)41-33(23)38-29(25)20-10-11-20/h5-9,14-17,20-21,26H,10-13,18H2,1-4H3. The third-order valence-electron chi connectivity index (χ3n) is 9.16. The summed E-state index contributed by atoms with van der Waals surface area (Å²) in [5, 5.41) is 10.3. The molecular formula is C35H34F2N8O. The summed E-state index contributed by atoms with van der Waals surface area (Å²) in [5.74, 6) is 0.746. The summed E-state index contributed by atoms with van der Waals surface area (Å²) in [6, 6.07) is 13.9. The molecule has 0 radical (unpaired) electrons. The van der Waals surface area contributed by atoms with Crippen LogP contribution in [0, 0.1) is 5.95 Å². The number of hydrogen-bond acceptors (Lipinski definition) is 5. The number of fused-ring (bicyclic) bond motifs is 2. The Morgan fingerprint density at radius 3 is 2.41 bits per heavy atom. The van der Waals surface area contributed by atoms with Gasteiger partial charge in [-0.05, 0) is 55.5 Å². The first kappa shape index (κ1) is 28.5. The van der Waals surface area contributed by atoms with E-state index >= 15 is 8.78 Å². The quantitative estimate of drug-likeness (QED) is 0.189. The number of hydrogen-bond donors (Lipinski definition) is 0. The second kappa shape index (κ2) is 10.6. The molecular weight excluding hydrogens is 586 g/mol. The van der Waals surface area contributed by atoms with E-state index in [1.807, 2.05) is 32.4 Å². The van der Waals surface area contributed by atoms with Crippen molar-refractivity contribution in [3.05, 3.63) is 83.2 Å². The monoisotopic (exact) mass is 620 g/mol. The third-order valence-corrected chi connectivity index (χ3v) is 9.16. The summed E-state index contributed by atoms with van der Waals surface area (Å²) in [6.07, 6.45) is 4.71. The van der Waals surface area contributed by atoms with Crippen molar-refractivity contribution in [1.82, 2.24) is 39.0 Å². The van der Waals surface area contributed by atoms with Gasteiger partial charge in [0.2, 0.25) is 5.95 Å². The molecule has 0 aliphatic heterocycles. The Morgan fingerprint density at radius 2 is 1.72 bits per heavy atom. The van der Waals surface area contributed by atoms with Crippen molar-refractivity contribution in [3.63, 3.8) is 0 Å². The van der Waals surface area contributed by atoms with Crippen molar-refractivity contribution >= 4 is 27.8 Å². The van der Waals surface area contributed by atoms with Crippen molar-refractivity contribution in [3.8, 4) is 22.6 Å². The zero-order valence-electron chi connectivity index (χ0n) is 26.2. The summed E-state index contributed by atoms with van der Waals surface area (Å²) in [7, 11) is 7.26. The van der Waals surface area contributed by atoms with Crippen LogP contribution in [0.25, 0.3) is 44.6 Å². The SMILES string of the molecule is CN(C)C(=O)c1ccc(C(F)Cn2nc3cccc(-c4nc(-c5cc6cn(C)nc6nc5C5CC5)n(C)c4C4CC4)c3c2F)cc1. The first-order chi connectivity index (χ1) is 22.2. The van der Waals surface area contributed by atoms with Gasteiger partial charge in [0.25, 0.3) is 5.91 Å². The molecule has 234 valence electrons. The van der Waals surface area contributed by atoms with Crippen molar-refractivity contribution in [2.24, 2.45) is 14.1 Å². The van der Waals surface area contributed by atoms with Crippen molar-refractivity contribution < 1.29 is 13.6 Å². The molecule has 1 atom stereocenters. The molecule has 2 aromatic carbocycles. The van der Waals surface area contributed by atoms with Gasteiger partial charge in [0.1, 0.15) is 12.0 Å². The van der Waals surface area contributed by atoms with E-state index in [0.29, 0.717) is 39.4 Å². The third kappa shape index (κ3) is 4.76. The van der Waals surface area contributed by atoms with E-state index in [1.54, 1.807) is 49.1 Å². The second-order valence-electron chi connectivity index (χ2n) is 12.9. The van der Waals surface area contributed by atoms with Crippen LogP contribution >= 0.6 is 0 Å². The molecule has 2 aliphatic carbocycles. The highest BCUT2D eigenvalue weighted by Gasteiger charge is 2.36. The zero-order valence-corrected chi connectivity index (χ0v) is 26.2. The van der Waals surface area contributed by atoms with Gasteiger partial charge in [-0.3, -0.25) is 9.48 Å². The van der Waals surface area contributed by atoms with Gasteiger partial charge in [-0.25, -0.2) is 19.0 Å². The number of benzene rings is 2. The molecule has 11 heteroatoms. The predicted octanol–water partition coefficient (Wildman–Crippen LogP) is 6.69. The Kier molecular flexibility index (Phi) is 6.56. The average Bonchev–Trinajstić information content (AvgIpc) is 3.97. The van der Waals surface area contributed by atoms with Crippen molar-refractivity contribution in [2.75, 3.05) is 14.1 Å². The number of pyridine rings is 1. The lowest BCUT2D eigenvalue weighted by atomic mass is 10.0. The van der Waals surface area contributed by atoms with Gasteiger partial charge in [0, 0.05) is 74.0 Å². The van der Waals surface area contributed by atoms with E-state index in [9.17, 15) is 4.79 Å². The molecule has 8 rings (SSSR count). The largest absolute Gasteiger partial charge is 0.345 e. The van der Waals surface area contributed by atoms with Crippen LogP contribution in [0.2, 0.25) is 0 Å². The number of nitrogens with zero attached hydrogens (tertiary/aromatic N) is 8. The van der Waals surface area contributed by atoms with E-state index in [2.05, 4.69) is 20.8 Å². The molecule has 6 aromatic rings. The molecule has 0 spiro atoms. The van der Waals surface area contributed by atoms with Crippen LogP contribution in [0.1, 0.15) is 71.0 Å². The number of carbonyl (C=O) groups excluding carboxylic acids is 1. The van der Waals surface area contributed by atoms with Crippen molar-refractivity contribution in [2.45, 2.75) is 50.2 Å². The summed E-state index contributed by atoms with van der Waals surface area (Å²) in [6.45, 7) is -0.300. The molecule has 4 aromatic heterocycles. The lowest BCUT2D eigenvalue weighted by molar-refractivity contribution is 0.0827. The Bertz CT molecular complexity index is 2150. The lowest BCUT2D eigenvalue weighted by Gasteiger charge is -2.12. The minimum atomic E-state index is -1.52. The molecule has 2 aliphatic rings. The second-order valence-corrected chi connectivity index (χ2v) is 12.9. The molecule has 1 amide bonds. The molecule has 46 heavy (non-hydrogen) atoms. The summed E-state index contributed by atoms with van der Waals surface area (Å²) in [5.41, 5.74) is 6.44. The van der Waals surface area contributed by atoms with Gasteiger partial charge in [0.15, 0.2) is 5.65 Å². The highest BCUT2D eigenvalue weighted by atomic mass is 19.1. The first-order valence-corrected chi connectivity index (χ1v) is 15.7. The number of aryl methyl sites for hydroxylation is 1. The Labute approximate surface area is 264 Å². The fraction of sp³-hybridized carbons (Fsp3) is 0.343. The molecule has 2 saturated carbocycles. The number of imidazole rings is 1. The normalized spacial score (nSPS) is 15.6. The number of rotatable bonds is 8. The van der Waals surface area contributed by atoms with E-state index in [-0.39, 0.29) is 12.5 Å². The minimum Gasteiger partial charge on any atom is -0.345 e. The molecule has 2 fully saturated rings. The van der Waals surface area contributed by atoms with Gasteiger partial charge >= 0.3 is 0 Å². The zero-order chi connectivity index (χ0) is 31.9. The molecule has 0 saturated heterocycles. The van der Waals surface area contributed by atoms with Crippen molar-refractivity contribution in [1.29, 1.82) is 0 Å². The van der Waals surface area contributed by atoms with Gasteiger partial charge in [0.05, 0.1) is 28.8 Å². The van der Waals surface area contributed by atoms with Gasteiger partial charge in [-0.15, -0.1) is 0 Å². The number of halogens is 2. The molecule has 4 heterocycles. The maximum absolute atomic E-state index is 16.3. The van der Waals surface area contributed by atoms with E-state index in [1.165, 1.54) is 4.90 Å². The van der Waals surface area contributed by atoms with Crippen LogP contribution in [-0.4, -0.2) is 59.0 Å². The number of aromatic nitrogens is 7. The summed E-state index contributed by atoms with van der Waals surface area (Å²) < 4.78 is 36.8. The van der Waals surface area contributed by atoms with Gasteiger partial charge in [-0.1, -0.05) is 24.3 Å². The first-order valence-electron chi connectivity index (χ1n) is 15.7. The average molecular weight is 621 g/mol. The fourth-order valence-corrected chi connectivity index (χ4v) is 6.52. The number of amides is 1. The Hall–Kier alpha value is -4.93. The van der Waals surface area contributed by atoms with Gasteiger partial charge < -0.3 is 9.47 Å². The van der Waals surface area contributed by atoms with Crippen LogP contribution in [0.5, 0.6) is 0 Å². The molecule has 0 bridgehead atoms. The molecule has 1 unspecified atom stereocenters. The topological polar surface area (TPSA) is 86.7 Å². The summed E-state index contributed by atoms with van der Waals surface area (Å²) in [4.78, 5) is 23.9. The van der Waals surface area contributed by atoms with Crippen LogP contribution in [-0.2, 0) is 20.6 Å². The molecule has 9 nitrogen and oxygen atoms in total. The van der Waals surface area contributed by atoms with Gasteiger partial charge in [-0.2, -0.15) is 14.6 Å². The van der Waals surface area contributed by atoms with Crippen LogP contribution < -0.4 is 0 Å². The smallest absolute Gasteiger partial charge is 0.253 e. The molecule has 0 N–H and O–H groups in total. The summed E-state index contributed by atoms with van der Waals surface area (Å²) >= 11 is 0. The van der Waals surface area contributed by atoms with Crippen LogP contribution in [0.3, 0.4) is 0 Å².